The van der Waals surface area contributed by atoms with Gasteiger partial charge in [-0.1, -0.05) is 23.7 Å². The summed E-state index contributed by atoms with van der Waals surface area (Å²) in [5, 5.41) is 9.32. The highest BCUT2D eigenvalue weighted by Crippen LogP contribution is 2.39. The van der Waals surface area contributed by atoms with E-state index in [4.69, 9.17) is 21.4 Å². The van der Waals surface area contributed by atoms with Gasteiger partial charge in [-0.05, 0) is 18.6 Å². The van der Waals surface area contributed by atoms with Crippen LogP contribution in [0, 0.1) is 11.8 Å². The Labute approximate surface area is 122 Å². The summed E-state index contributed by atoms with van der Waals surface area (Å²) in [7, 11) is 1.65. The largest absolute Gasteiger partial charge is 0.490 e. The molecule has 1 aromatic carbocycles. The molecule has 20 heavy (non-hydrogen) atoms. The number of carbonyl (C=O) groups is 2. The van der Waals surface area contributed by atoms with Gasteiger partial charge in [0.2, 0.25) is 5.91 Å². The molecule has 0 spiro atoms. The number of nitrogens with zero attached hydrogens (tertiary/aromatic N) is 1. The number of hydrogen-bond acceptors (Lipinski definition) is 3. The lowest BCUT2D eigenvalue weighted by Crippen LogP contribution is -2.32. The summed E-state index contributed by atoms with van der Waals surface area (Å²) in [5.41, 5.74) is 0. The number of para-hydroxylation sites is 1. The molecular formula is C14H16ClNO4. The average Bonchev–Trinajstić information content (AvgIpc) is 3.20. The summed E-state index contributed by atoms with van der Waals surface area (Å²) in [4.78, 5) is 24.1. The van der Waals surface area contributed by atoms with Gasteiger partial charge < -0.3 is 14.7 Å². The first kappa shape index (κ1) is 14.7. The molecule has 2 atom stereocenters. The van der Waals surface area contributed by atoms with Crippen molar-refractivity contribution >= 4 is 23.5 Å². The lowest BCUT2D eigenvalue weighted by Gasteiger charge is -2.17. The summed E-state index contributed by atoms with van der Waals surface area (Å²) in [6, 6.07) is 7.11. The van der Waals surface area contributed by atoms with Gasteiger partial charge in [-0.2, -0.15) is 0 Å². The third kappa shape index (κ3) is 3.42. The molecule has 0 radical (unpaired) electrons. The maximum absolute atomic E-state index is 11.9. The smallest absolute Gasteiger partial charge is 0.307 e. The standard InChI is InChI=1S/C14H16ClNO4/c1-16(13(17)9-8-10(9)14(18)19)6-7-20-12-5-3-2-4-11(12)15/h2-5,9-10H,6-8H2,1H3,(H,18,19)/t9-,10+/m1/s1. The van der Waals surface area contributed by atoms with Crippen molar-refractivity contribution in [1.29, 1.82) is 0 Å². The van der Waals surface area contributed by atoms with Gasteiger partial charge in [-0.25, -0.2) is 0 Å². The highest BCUT2D eigenvalue weighted by Gasteiger charge is 2.49. The van der Waals surface area contributed by atoms with Crippen LogP contribution in [0.3, 0.4) is 0 Å². The fourth-order valence-corrected chi connectivity index (χ4v) is 2.18. The van der Waals surface area contributed by atoms with Gasteiger partial charge in [-0.15, -0.1) is 0 Å². The van der Waals surface area contributed by atoms with Gasteiger partial charge >= 0.3 is 5.97 Å². The van der Waals surface area contributed by atoms with E-state index < -0.39 is 11.9 Å². The Morgan fingerprint density at radius 1 is 1.40 bits per heavy atom. The molecule has 5 nitrogen and oxygen atoms in total. The van der Waals surface area contributed by atoms with Crippen LogP contribution in [0.4, 0.5) is 0 Å². The summed E-state index contributed by atoms with van der Waals surface area (Å²) < 4.78 is 5.49. The van der Waals surface area contributed by atoms with Crippen molar-refractivity contribution in [3.63, 3.8) is 0 Å². The summed E-state index contributed by atoms with van der Waals surface area (Å²) in [6.45, 7) is 0.712. The number of carboxylic acid groups (broad SMARTS) is 1. The molecule has 0 unspecified atom stereocenters. The van der Waals surface area contributed by atoms with Crippen LogP contribution >= 0.6 is 11.6 Å². The molecule has 2 rings (SSSR count). The van der Waals surface area contributed by atoms with Crippen molar-refractivity contribution in [2.24, 2.45) is 11.8 Å². The maximum Gasteiger partial charge on any atom is 0.307 e. The van der Waals surface area contributed by atoms with Crippen molar-refractivity contribution < 1.29 is 19.4 Å². The maximum atomic E-state index is 11.9. The molecule has 1 aliphatic rings. The van der Waals surface area contributed by atoms with E-state index in [2.05, 4.69) is 0 Å². The molecule has 6 heteroatoms. The minimum absolute atomic E-state index is 0.139. The second kappa shape index (κ2) is 6.13. The van der Waals surface area contributed by atoms with E-state index in [1.807, 2.05) is 12.1 Å². The molecule has 1 amide bonds. The Morgan fingerprint density at radius 3 is 2.70 bits per heavy atom. The second-order valence-electron chi connectivity index (χ2n) is 4.83. The average molecular weight is 298 g/mol. The Kier molecular flexibility index (Phi) is 4.49. The zero-order valence-electron chi connectivity index (χ0n) is 11.1. The zero-order valence-corrected chi connectivity index (χ0v) is 11.8. The number of carboxylic acids is 1. The summed E-state index contributed by atoms with van der Waals surface area (Å²) >= 11 is 5.95. The first-order valence-corrected chi connectivity index (χ1v) is 6.73. The van der Waals surface area contributed by atoms with E-state index in [1.165, 1.54) is 4.90 Å². The number of halogens is 1. The fraction of sp³-hybridized carbons (Fsp3) is 0.429. The van der Waals surface area contributed by atoms with Crippen molar-refractivity contribution in [3.05, 3.63) is 29.3 Å². The first-order chi connectivity index (χ1) is 9.50. The van der Waals surface area contributed by atoms with Gasteiger partial charge in [0.25, 0.3) is 0 Å². The third-order valence-electron chi connectivity index (χ3n) is 3.32. The lowest BCUT2D eigenvalue weighted by molar-refractivity contribution is -0.141. The van der Waals surface area contributed by atoms with E-state index in [9.17, 15) is 9.59 Å². The van der Waals surface area contributed by atoms with E-state index in [1.54, 1.807) is 19.2 Å². The molecular weight excluding hydrogens is 282 g/mol. The molecule has 0 aliphatic heterocycles. The second-order valence-corrected chi connectivity index (χ2v) is 5.23. The first-order valence-electron chi connectivity index (χ1n) is 6.36. The summed E-state index contributed by atoms with van der Waals surface area (Å²) in [6.07, 6.45) is 0.434. The number of carbonyl (C=O) groups excluding carboxylic acids is 1. The van der Waals surface area contributed by atoms with Gasteiger partial charge in [0.05, 0.1) is 23.4 Å². The molecule has 1 N–H and O–H groups in total. The Balaban J connectivity index is 1.76. The van der Waals surface area contributed by atoms with Gasteiger partial charge in [0.1, 0.15) is 12.4 Å². The monoisotopic (exact) mass is 297 g/mol. The lowest BCUT2D eigenvalue weighted by atomic mass is 10.3. The predicted molar refractivity (Wildman–Crippen MR) is 73.8 cm³/mol. The van der Waals surface area contributed by atoms with Crippen LogP contribution in [0.5, 0.6) is 5.75 Å². The van der Waals surface area contributed by atoms with Crippen LogP contribution < -0.4 is 4.74 Å². The van der Waals surface area contributed by atoms with Crippen molar-refractivity contribution in [2.45, 2.75) is 6.42 Å². The van der Waals surface area contributed by atoms with Crippen LogP contribution in [0.25, 0.3) is 0 Å². The topological polar surface area (TPSA) is 66.8 Å². The molecule has 1 saturated carbocycles. The Bertz CT molecular complexity index is 520. The molecule has 0 heterocycles. The third-order valence-corrected chi connectivity index (χ3v) is 3.63. The molecule has 1 fully saturated rings. The normalized spacial score (nSPS) is 20.3. The minimum atomic E-state index is -0.899. The SMILES string of the molecule is CN(CCOc1ccccc1Cl)C(=O)[C@@H]1C[C@@H]1C(=O)O. The quantitative estimate of drug-likeness (QED) is 0.871. The van der Waals surface area contributed by atoms with Crippen molar-refractivity contribution in [1.82, 2.24) is 4.90 Å². The number of likely N-dealkylation sites (N-methyl/N-ethyl adjacent to an activating group) is 1. The van der Waals surface area contributed by atoms with Crippen LogP contribution in [0.1, 0.15) is 6.42 Å². The van der Waals surface area contributed by atoms with E-state index in [0.717, 1.165) is 0 Å². The Morgan fingerprint density at radius 2 is 2.10 bits per heavy atom. The number of rotatable bonds is 6. The minimum Gasteiger partial charge on any atom is -0.490 e. The Hall–Kier alpha value is -1.75. The molecule has 108 valence electrons. The summed E-state index contributed by atoms with van der Waals surface area (Å²) in [5.74, 6) is -1.36. The van der Waals surface area contributed by atoms with Crippen LogP contribution in [-0.2, 0) is 9.59 Å². The highest BCUT2D eigenvalue weighted by molar-refractivity contribution is 6.32. The van der Waals surface area contributed by atoms with E-state index in [0.29, 0.717) is 30.3 Å². The molecule has 0 bridgehead atoms. The van der Waals surface area contributed by atoms with Gasteiger partial charge in [0, 0.05) is 7.05 Å². The van der Waals surface area contributed by atoms with Gasteiger partial charge in [0.15, 0.2) is 0 Å². The molecule has 1 aromatic rings. The fourth-order valence-electron chi connectivity index (χ4n) is 1.99. The van der Waals surface area contributed by atoms with Crippen molar-refractivity contribution in [2.75, 3.05) is 20.2 Å². The number of benzene rings is 1. The number of ether oxygens (including phenoxy) is 1. The predicted octanol–water partition coefficient (Wildman–Crippen LogP) is 1.90. The molecule has 0 aromatic heterocycles. The van der Waals surface area contributed by atoms with Crippen LogP contribution in [-0.4, -0.2) is 42.1 Å². The zero-order chi connectivity index (χ0) is 14.7. The van der Waals surface area contributed by atoms with Gasteiger partial charge in [-0.3, -0.25) is 9.59 Å². The van der Waals surface area contributed by atoms with Crippen LogP contribution in [0.2, 0.25) is 5.02 Å². The number of aliphatic carboxylic acids is 1. The van der Waals surface area contributed by atoms with Crippen LogP contribution in [0.15, 0.2) is 24.3 Å². The molecule has 0 saturated heterocycles. The van der Waals surface area contributed by atoms with E-state index >= 15 is 0 Å². The molecule has 1 aliphatic carbocycles. The van der Waals surface area contributed by atoms with Crippen molar-refractivity contribution in [3.8, 4) is 5.75 Å². The number of amides is 1. The van der Waals surface area contributed by atoms with E-state index in [-0.39, 0.29) is 11.8 Å². The highest BCUT2D eigenvalue weighted by atomic mass is 35.5. The number of hydrogen-bond donors (Lipinski definition) is 1.